The van der Waals surface area contributed by atoms with Gasteiger partial charge in [0.15, 0.2) is 11.0 Å². The zero-order chi connectivity index (χ0) is 21.8. The van der Waals surface area contributed by atoms with Gasteiger partial charge in [-0.2, -0.15) is 0 Å². The Kier molecular flexibility index (Phi) is 6.46. The summed E-state index contributed by atoms with van der Waals surface area (Å²) in [5.74, 6) is 2.07. The molecule has 162 valence electrons. The van der Waals surface area contributed by atoms with Crippen LogP contribution in [0.15, 0.2) is 53.7 Å². The first-order valence-corrected chi connectivity index (χ1v) is 11.3. The number of methoxy groups -OCH3 is 1. The van der Waals surface area contributed by atoms with E-state index >= 15 is 0 Å². The van der Waals surface area contributed by atoms with Crippen molar-refractivity contribution in [1.29, 1.82) is 0 Å². The molecule has 1 aliphatic heterocycles. The largest absolute Gasteiger partial charge is 0.497 e. The number of hydrogen-bond donors (Lipinski definition) is 0. The van der Waals surface area contributed by atoms with E-state index in [-0.39, 0.29) is 5.91 Å². The molecule has 0 unspecified atom stereocenters. The Balaban J connectivity index is 1.31. The molecular weight excluding hydrogens is 410 g/mol. The minimum Gasteiger partial charge on any atom is -0.497 e. The third-order valence-corrected chi connectivity index (χ3v) is 6.51. The molecule has 0 aliphatic carbocycles. The fraction of sp³-hybridized carbons (Fsp3) is 0.348. The fourth-order valence-electron chi connectivity index (χ4n) is 3.69. The highest BCUT2D eigenvalue weighted by Gasteiger charge is 2.22. The maximum absolute atomic E-state index is 12.7. The highest BCUT2D eigenvalue weighted by molar-refractivity contribution is 7.99. The first-order valence-electron chi connectivity index (χ1n) is 10.3. The van der Waals surface area contributed by atoms with Gasteiger partial charge < -0.3 is 19.1 Å². The molecule has 0 N–H and O–H groups in total. The molecule has 1 saturated heterocycles. The fourth-order valence-corrected chi connectivity index (χ4v) is 4.50. The van der Waals surface area contributed by atoms with Gasteiger partial charge in [0, 0.05) is 44.5 Å². The number of rotatable bonds is 6. The molecule has 4 rings (SSSR count). The molecule has 1 amide bonds. The SMILES string of the molecule is COc1ccc(-c2nnc(SCC(=O)N3CCN(c4cccc(C)c4)CC3)n2C)cc1. The smallest absolute Gasteiger partial charge is 0.233 e. The standard InChI is InChI=1S/C23H27N5O2S/c1-17-5-4-6-19(15-17)27-11-13-28(14-12-27)21(29)16-31-23-25-24-22(26(23)2)18-7-9-20(30-3)10-8-18/h4-10,15H,11-14,16H2,1-3H3. The van der Waals surface area contributed by atoms with Crippen LogP contribution in [0.5, 0.6) is 5.75 Å². The van der Waals surface area contributed by atoms with Gasteiger partial charge in [-0.05, 0) is 48.9 Å². The van der Waals surface area contributed by atoms with Gasteiger partial charge >= 0.3 is 0 Å². The van der Waals surface area contributed by atoms with Crippen LogP contribution in [0.25, 0.3) is 11.4 Å². The molecule has 8 heteroatoms. The molecule has 0 spiro atoms. The van der Waals surface area contributed by atoms with Crippen LogP contribution >= 0.6 is 11.8 Å². The lowest BCUT2D eigenvalue weighted by Crippen LogP contribution is -2.49. The third-order valence-electron chi connectivity index (χ3n) is 5.51. The van der Waals surface area contributed by atoms with Gasteiger partial charge in [0.1, 0.15) is 5.75 Å². The summed E-state index contributed by atoms with van der Waals surface area (Å²) >= 11 is 1.43. The minimum absolute atomic E-state index is 0.142. The monoisotopic (exact) mass is 437 g/mol. The van der Waals surface area contributed by atoms with E-state index in [0.29, 0.717) is 5.75 Å². The van der Waals surface area contributed by atoms with E-state index in [4.69, 9.17) is 4.74 Å². The van der Waals surface area contributed by atoms with Crippen molar-refractivity contribution < 1.29 is 9.53 Å². The predicted octanol–water partition coefficient (Wildman–Crippen LogP) is 3.24. The Morgan fingerprint density at radius 3 is 2.48 bits per heavy atom. The lowest BCUT2D eigenvalue weighted by atomic mass is 10.2. The number of thioether (sulfide) groups is 1. The Labute approximate surface area is 187 Å². The molecule has 1 fully saturated rings. The summed E-state index contributed by atoms with van der Waals surface area (Å²) in [5, 5.41) is 9.31. The van der Waals surface area contributed by atoms with Crippen LogP contribution in [0.2, 0.25) is 0 Å². The Hall–Kier alpha value is -3.00. The van der Waals surface area contributed by atoms with E-state index < -0.39 is 0 Å². The summed E-state index contributed by atoms with van der Waals surface area (Å²) in [6.45, 7) is 5.29. The molecule has 7 nitrogen and oxygen atoms in total. The van der Waals surface area contributed by atoms with Crippen molar-refractivity contribution in [2.75, 3.05) is 43.9 Å². The van der Waals surface area contributed by atoms with Gasteiger partial charge in [0.25, 0.3) is 0 Å². The van der Waals surface area contributed by atoms with Crippen LogP contribution in [-0.4, -0.2) is 64.6 Å². The van der Waals surface area contributed by atoms with Gasteiger partial charge in [-0.15, -0.1) is 10.2 Å². The second-order valence-electron chi connectivity index (χ2n) is 7.59. The molecule has 0 saturated carbocycles. The molecule has 2 aromatic carbocycles. The number of piperazine rings is 1. The lowest BCUT2D eigenvalue weighted by Gasteiger charge is -2.36. The van der Waals surface area contributed by atoms with Crippen LogP contribution in [0.1, 0.15) is 5.56 Å². The number of aromatic nitrogens is 3. The Bertz CT molecular complexity index is 1040. The topological polar surface area (TPSA) is 63.5 Å². The zero-order valence-corrected chi connectivity index (χ0v) is 18.9. The number of amides is 1. The van der Waals surface area contributed by atoms with Crippen molar-refractivity contribution in [3.8, 4) is 17.1 Å². The molecule has 3 aromatic rings. The number of nitrogens with zero attached hydrogens (tertiary/aromatic N) is 5. The van der Waals surface area contributed by atoms with Crippen LogP contribution in [0.3, 0.4) is 0 Å². The maximum atomic E-state index is 12.7. The van der Waals surface area contributed by atoms with Crippen molar-refractivity contribution >= 4 is 23.4 Å². The van der Waals surface area contributed by atoms with Gasteiger partial charge in [-0.1, -0.05) is 23.9 Å². The number of benzene rings is 2. The summed E-state index contributed by atoms with van der Waals surface area (Å²) in [7, 11) is 3.57. The van der Waals surface area contributed by atoms with Crippen molar-refractivity contribution in [3.63, 3.8) is 0 Å². The van der Waals surface area contributed by atoms with Gasteiger partial charge in [-0.3, -0.25) is 4.79 Å². The van der Waals surface area contributed by atoms with E-state index in [1.807, 2.05) is 40.8 Å². The van der Waals surface area contributed by atoms with Gasteiger partial charge in [0.05, 0.1) is 12.9 Å². The molecule has 2 heterocycles. The van der Waals surface area contributed by atoms with Gasteiger partial charge in [0.2, 0.25) is 5.91 Å². The van der Waals surface area contributed by atoms with Crippen molar-refractivity contribution in [2.24, 2.45) is 7.05 Å². The highest BCUT2D eigenvalue weighted by Crippen LogP contribution is 2.25. The zero-order valence-electron chi connectivity index (χ0n) is 18.1. The second-order valence-corrected chi connectivity index (χ2v) is 8.53. The number of anilines is 1. The summed E-state index contributed by atoms with van der Waals surface area (Å²) in [6.07, 6.45) is 0. The highest BCUT2D eigenvalue weighted by atomic mass is 32.2. The summed E-state index contributed by atoms with van der Waals surface area (Å²) < 4.78 is 7.13. The maximum Gasteiger partial charge on any atom is 0.233 e. The summed E-state index contributed by atoms with van der Waals surface area (Å²) in [4.78, 5) is 17.0. The summed E-state index contributed by atoms with van der Waals surface area (Å²) in [5.41, 5.74) is 3.44. The average molecular weight is 438 g/mol. The van der Waals surface area contributed by atoms with E-state index in [9.17, 15) is 4.79 Å². The molecule has 0 bridgehead atoms. The number of hydrogen-bond acceptors (Lipinski definition) is 6. The van der Waals surface area contributed by atoms with E-state index in [1.165, 1.54) is 23.0 Å². The van der Waals surface area contributed by atoms with E-state index in [0.717, 1.165) is 48.5 Å². The molecular formula is C23H27N5O2S. The average Bonchev–Trinajstić information content (AvgIpc) is 3.18. The lowest BCUT2D eigenvalue weighted by molar-refractivity contribution is -0.128. The molecule has 0 atom stereocenters. The van der Waals surface area contributed by atoms with E-state index in [2.05, 4.69) is 46.3 Å². The number of carbonyl (C=O) groups excluding carboxylic acids is 1. The Morgan fingerprint density at radius 2 is 1.81 bits per heavy atom. The van der Waals surface area contributed by atoms with Gasteiger partial charge in [-0.25, -0.2) is 0 Å². The van der Waals surface area contributed by atoms with Crippen molar-refractivity contribution in [3.05, 3.63) is 54.1 Å². The molecule has 1 aromatic heterocycles. The van der Waals surface area contributed by atoms with Crippen molar-refractivity contribution in [2.45, 2.75) is 12.1 Å². The number of ether oxygens (including phenoxy) is 1. The first-order chi connectivity index (χ1) is 15.0. The minimum atomic E-state index is 0.142. The number of carbonyl (C=O) groups is 1. The first kappa shape index (κ1) is 21.2. The van der Waals surface area contributed by atoms with Crippen molar-refractivity contribution in [1.82, 2.24) is 19.7 Å². The quantitative estimate of drug-likeness (QED) is 0.552. The predicted molar refractivity (Wildman–Crippen MR) is 124 cm³/mol. The summed E-state index contributed by atoms with van der Waals surface area (Å²) in [6, 6.07) is 16.2. The van der Waals surface area contributed by atoms with Crippen LogP contribution in [0, 0.1) is 6.92 Å². The van der Waals surface area contributed by atoms with Crippen LogP contribution in [-0.2, 0) is 11.8 Å². The van der Waals surface area contributed by atoms with Crippen LogP contribution in [0.4, 0.5) is 5.69 Å². The third kappa shape index (κ3) is 4.85. The normalized spacial score (nSPS) is 14.0. The number of aryl methyl sites for hydroxylation is 1. The van der Waals surface area contributed by atoms with E-state index in [1.54, 1.807) is 7.11 Å². The molecule has 1 aliphatic rings. The Morgan fingerprint density at radius 1 is 1.06 bits per heavy atom. The van der Waals surface area contributed by atoms with Crippen LogP contribution < -0.4 is 9.64 Å². The molecule has 0 radical (unpaired) electrons. The second kappa shape index (κ2) is 9.43. The molecule has 31 heavy (non-hydrogen) atoms.